The van der Waals surface area contributed by atoms with E-state index in [9.17, 15) is 4.79 Å². The van der Waals surface area contributed by atoms with E-state index in [4.69, 9.17) is 18.0 Å². The van der Waals surface area contributed by atoms with Crippen molar-refractivity contribution < 1.29 is 4.79 Å². The molecule has 0 aliphatic carbocycles. The second-order valence-corrected chi connectivity index (χ2v) is 7.21. The number of benzene rings is 2. The number of thioether (sulfide) groups is 1. The molecule has 0 aromatic heterocycles. The van der Waals surface area contributed by atoms with Crippen LogP contribution in [0.3, 0.4) is 0 Å². The molecule has 2 aromatic carbocycles. The molecule has 0 bridgehead atoms. The second-order valence-electron chi connectivity index (χ2n) is 5.57. The van der Waals surface area contributed by atoms with Crippen LogP contribution in [-0.2, 0) is 11.2 Å². The number of nitrogens with two attached hydrogens (primary N) is 1. The van der Waals surface area contributed by atoms with Gasteiger partial charge in [0.1, 0.15) is 0 Å². The molecule has 0 unspecified atom stereocenters. The average molecular weight is 354 g/mol. The van der Waals surface area contributed by atoms with Gasteiger partial charge in [0, 0.05) is 5.69 Å². The zero-order chi connectivity index (χ0) is 17.3. The Hall–Kier alpha value is -2.11. The van der Waals surface area contributed by atoms with E-state index in [0.717, 1.165) is 28.8 Å². The molecule has 1 amide bonds. The van der Waals surface area contributed by atoms with Gasteiger partial charge in [-0.05, 0) is 48.2 Å². The van der Waals surface area contributed by atoms with Gasteiger partial charge in [-0.15, -0.1) is 0 Å². The van der Waals surface area contributed by atoms with Crippen molar-refractivity contribution in [1.82, 2.24) is 0 Å². The molecule has 122 valence electrons. The van der Waals surface area contributed by atoms with Gasteiger partial charge >= 0.3 is 0 Å². The largest absolute Gasteiger partial charge is 0.399 e. The molecule has 3 nitrogen and oxygen atoms in total. The van der Waals surface area contributed by atoms with Crippen molar-refractivity contribution in [2.45, 2.75) is 20.3 Å². The SMILES string of the molecule is CCc1ccccc1N1C(=O)/C(=C(\C)c2ccc(N)cc2)SC1=S. The highest BCUT2D eigenvalue weighted by Crippen LogP contribution is 2.40. The Morgan fingerprint density at radius 3 is 2.50 bits per heavy atom. The third kappa shape index (κ3) is 2.97. The summed E-state index contributed by atoms with van der Waals surface area (Å²) in [6.45, 7) is 4.02. The quantitative estimate of drug-likeness (QED) is 0.496. The number of aryl methyl sites for hydroxylation is 1. The lowest BCUT2D eigenvalue weighted by Gasteiger charge is -2.18. The number of anilines is 2. The number of thiocarbonyl (C=S) groups is 1. The molecule has 0 spiro atoms. The molecule has 3 rings (SSSR count). The maximum Gasteiger partial charge on any atom is 0.271 e. The normalized spacial score (nSPS) is 16.7. The number of nitrogens with zero attached hydrogens (tertiary/aromatic N) is 1. The van der Waals surface area contributed by atoms with Gasteiger partial charge in [-0.25, -0.2) is 0 Å². The molecular weight excluding hydrogens is 336 g/mol. The van der Waals surface area contributed by atoms with Crippen LogP contribution < -0.4 is 10.6 Å². The molecule has 5 heteroatoms. The summed E-state index contributed by atoms with van der Waals surface area (Å²) in [7, 11) is 0. The summed E-state index contributed by atoms with van der Waals surface area (Å²) in [6, 6.07) is 15.4. The van der Waals surface area contributed by atoms with E-state index in [1.165, 1.54) is 11.8 Å². The summed E-state index contributed by atoms with van der Waals surface area (Å²) in [4.78, 5) is 15.3. The first-order valence-corrected chi connectivity index (χ1v) is 8.96. The van der Waals surface area contributed by atoms with Crippen LogP contribution in [0.25, 0.3) is 5.57 Å². The van der Waals surface area contributed by atoms with E-state index in [2.05, 4.69) is 6.92 Å². The zero-order valence-electron chi connectivity index (χ0n) is 13.6. The Kier molecular flexibility index (Phi) is 4.73. The third-order valence-corrected chi connectivity index (χ3v) is 5.54. The maximum absolute atomic E-state index is 13.0. The van der Waals surface area contributed by atoms with Crippen molar-refractivity contribution in [2.24, 2.45) is 0 Å². The Morgan fingerprint density at radius 2 is 1.83 bits per heavy atom. The van der Waals surface area contributed by atoms with Gasteiger partial charge in [-0.2, -0.15) is 0 Å². The van der Waals surface area contributed by atoms with Gasteiger partial charge in [0.25, 0.3) is 5.91 Å². The van der Waals surface area contributed by atoms with E-state index in [0.29, 0.717) is 14.9 Å². The van der Waals surface area contributed by atoms with Crippen LogP contribution in [0, 0.1) is 0 Å². The molecule has 1 fully saturated rings. The van der Waals surface area contributed by atoms with Crippen LogP contribution >= 0.6 is 24.0 Å². The van der Waals surface area contributed by atoms with Crippen LogP contribution in [0.2, 0.25) is 0 Å². The molecule has 2 N–H and O–H groups in total. The predicted octanol–water partition coefficient (Wildman–Crippen LogP) is 4.63. The highest BCUT2D eigenvalue weighted by Gasteiger charge is 2.35. The van der Waals surface area contributed by atoms with E-state index in [-0.39, 0.29) is 5.91 Å². The molecule has 1 aliphatic rings. The fourth-order valence-electron chi connectivity index (χ4n) is 2.70. The van der Waals surface area contributed by atoms with Crippen LogP contribution in [0.5, 0.6) is 0 Å². The van der Waals surface area contributed by atoms with Crippen molar-refractivity contribution in [3.8, 4) is 0 Å². The Balaban J connectivity index is 2.03. The minimum absolute atomic E-state index is 0.0553. The fourth-order valence-corrected chi connectivity index (χ4v) is 4.03. The number of para-hydroxylation sites is 1. The van der Waals surface area contributed by atoms with Gasteiger partial charge in [-0.3, -0.25) is 9.69 Å². The van der Waals surface area contributed by atoms with Crippen molar-refractivity contribution in [1.29, 1.82) is 0 Å². The molecule has 0 atom stereocenters. The maximum atomic E-state index is 13.0. The monoisotopic (exact) mass is 354 g/mol. The molecule has 1 aliphatic heterocycles. The van der Waals surface area contributed by atoms with E-state index in [1.54, 1.807) is 4.90 Å². The molecule has 24 heavy (non-hydrogen) atoms. The minimum atomic E-state index is -0.0553. The van der Waals surface area contributed by atoms with Crippen LogP contribution in [0.15, 0.2) is 53.4 Å². The lowest BCUT2D eigenvalue weighted by molar-refractivity contribution is -0.113. The number of hydrogen-bond donors (Lipinski definition) is 1. The molecule has 1 saturated heterocycles. The van der Waals surface area contributed by atoms with Gasteiger partial charge in [-0.1, -0.05) is 61.2 Å². The molecule has 0 radical (unpaired) electrons. The first-order chi connectivity index (χ1) is 11.5. The van der Waals surface area contributed by atoms with Crippen LogP contribution in [-0.4, -0.2) is 10.2 Å². The number of amides is 1. The van der Waals surface area contributed by atoms with Gasteiger partial charge in [0.2, 0.25) is 0 Å². The standard InChI is InChI=1S/C19H18N2OS2/c1-3-13-6-4-5-7-16(13)21-18(22)17(24-19(21)23)12(2)14-8-10-15(20)11-9-14/h4-11H,3,20H2,1-2H3/b17-12-. The van der Waals surface area contributed by atoms with Crippen LogP contribution in [0.4, 0.5) is 11.4 Å². The zero-order valence-corrected chi connectivity index (χ0v) is 15.2. The van der Waals surface area contributed by atoms with Gasteiger partial charge in [0.05, 0.1) is 10.6 Å². The number of nitrogen functional groups attached to an aromatic ring is 1. The fraction of sp³-hybridized carbons (Fsp3) is 0.158. The van der Waals surface area contributed by atoms with Crippen molar-refractivity contribution in [3.63, 3.8) is 0 Å². The summed E-state index contributed by atoms with van der Waals surface area (Å²) in [5.74, 6) is -0.0553. The van der Waals surface area contributed by atoms with Gasteiger partial charge in [0.15, 0.2) is 4.32 Å². The molecular formula is C19H18N2OS2. The Labute approximate surface area is 151 Å². The first kappa shape index (κ1) is 16.7. The lowest BCUT2D eigenvalue weighted by Crippen LogP contribution is -2.28. The number of rotatable bonds is 3. The summed E-state index contributed by atoms with van der Waals surface area (Å²) >= 11 is 6.85. The highest BCUT2D eigenvalue weighted by atomic mass is 32.2. The minimum Gasteiger partial charge on any atom is -0.399 e. The number of carbonyl (C=O) groups excluding carboxylic acids is 1. The highest BCUT2D eigenvalue weighted by molar-refractivity contribution is 8.27. The summed E-state index contributed by atoms with van der Waals surface area (Å²) in [5.41, 5.74) is 10.3. The molecule has 1 heterocycles. The van der Waals surface area contributed by atoms with Crippen LogP contribution in [0.1, 0.15) is 25.0 Å². The smallest absolute Gasteiger partial charge is 0.271 e. The topological polar surface area (TPSA) is 46.3 Å². The summed E-state index contributed by atoms with van der Waals surface area (Å²) < 4.78 is 0.575. The van der Waals surface area contributed by atoms with E-state index >= 15 is 0 Å². The predicted molar refractivity (Wildman–Crippen MR) is 107 cm³/mol. The van der Waals surface area contributed by atoms with E-state index < -0.39 is 0 Å². The Bertz CT molecular complexity index is 841. The molecule has 2 aromatic rings. The second kappa shape index (κ2) is 6.79. The number of hydrogen-bond acceptors (Lipinski definition) is 4. The van der Waals surface area contributed by atoms with Crippen molar-refractivity contribution >= 4 is 51.2 Å². The average Bonchev–Trinajstić information content (AvgIpc) is 2.89. The Morgan fingerprint density at radius 1 is 1.17 bits per heavy atom. The number of carbonyl (C=O) groups is 1. The third-order valence-electron chi connectivity index (χ3n) is 4.07. The van der Waals surface area contributed by atoms with Gasteiger partial charge < -0.3 is 5.73 Å². The molecule has 0 saturated carbocycles. The summed E-state index contributed by atoms with van der Waals surface area (Å²) in [5, 5.41) is 0. The first-order valence-electron chi connectivity index (χ1n) is 7.74. The summed E-state index contributed by atoms with van der Waals surface area (Å²) in [6.07, 6.45) is 0.850. The van der Waals surface area contributed by atoms with E-state index in [1.807, 2.05) is 55.5 Å². The lowest BCUT2D eigenvalue weighted by atomic mass is 10.1. The number of allylic oxidation sites excluding steroid dienone is 1. The van der Waals surface area contributed by atoms with Crippen molar-refractivity contribution in [3.05, 3.63) is 64.6 Å². The van der Waals surface area contributed by atoms with Crippen molar-refractivity contribution in [2.75, 3.05) is 10.6 Å².